The van der Waals surface area contributed by atoms with Crippen molar-refractivity contribution in [3.05, 3.63) is 29.7 Å². The first-order valence-electron chi connectivity index (χ1n) is 3.48. The molecule has 12 heavy (non-hydrogen) atoms. The van der Waals surface area contributed by atoms with Gasteiger partial charge >= 0.3 is 0 Å². The fourth-order valence-corrected chi connectivity index (χ4v) is 1.30. The monoisotopic (exact) mass is 182 g/mol. The Labute approximate surface area is 74.6 Å². The summed E-state index contributed by atoms with van der Waals surface area (Å²) < 4.78 is 6.86. The standard InChI is InChI=1S/C8H7ClN2O/c1-12-6-3-2-4-11-7(9)5-10-8(6)11/h2-5H,1H3. The van der Waals surface area contributed by atoms with Crippen molar-refractivity contribution in [1.29, 1.82) is 0 Å². The lowest BCUT2D eigenvalue weighted by atomic mass is 10.4. The number of ether oxygens (including phenoxy) is 1. The van der Waals surface area contributed by atoms with Gasteiger partial charge in [-0.25, -0.2) is 4.98 Å². The Morgan fingerprint density at radius 3 is 3.17 bits per heavy atom. The summed E-state index contributed by atoms with van der Waals surface area (Å²) >= 11 is 5.85. The van der Waals surface area contributed by atoms with Crippen molar-refractivity contribution in [2.45, 2.75) is 0 Å². The molecule has 0 spiro atoms. The van der Waals surface area contributed by atoms with Gasteiger partial charge in [0.15, 0.2) is 11.4 Å². The SMILES string of the molecule is COc1cccn2c(Cl)cnc12. The molecule has 0 aliphatic rings. The van der Waals surface area contributed by atoms with E-state index in [0.29, 0.717) is 5.15 Å². The Kier molecular flexibility index (Phi) is 1.66. The van der Waals surface area contributed by atoms with E-state index in [1.165, 1.54) is 0 Å². The number of imidazole rings is 1. The number of hydrogen-bond acceptors (Lipinski definition) is 2. The highest BCUT2D eigenvalue weighted by atomic mass is 35.5. The summed E-state index contributed by atoms with van der Waals surface area (Å²) in [5.74, 6) is 0.726. The summed E-state index contributed by atoms with van der Waals surface area (Å²) in [4.78, 5) is 4.10. The van der Waals surface area contributed by atoms with Crippen molar-refractivity contribution in [1.82, 2.24) is 9.38 Å². The van der Waals surface area contributed by atoms with Crippen molar-refractivity contribution in [3.8, 4) is 5.75 Å². The Hall–Kier alpha value is -1.22. The molecule has 4 heteroatoms. The summed E-state index contributed by atoms with van der Waals surface area (Å²) in [6, 6.07) is 3.71. The molecule has 3 nitrogen and oxygen atoms in total. The topological polar surface area (TPSA) is 26.5 Å². The smallest absolute Gasteiger partial charge is 0.180 e. The molecule has 2 heterocycles. The van der Waals surface area contributed by atoms with Crippen molar-refractivity contribution < 1.29 is 4.74 Å². The lowest BCUT2D eigenvalue weighted by Gasteiger charge is -2.00. The lowest BCUT2D eigenvalue weighted by Crippen LogP contribution is -1.89. The number of nitrogens with zero attached hydrogens (tertiary/aromatic N) is 2. The van der Waals surface area contributed by atoms with E-state index in [1.807, 2.05) is 18.3 Å². The van der Waals surface area contributed by atoms with Crippen molar-refractivity contribution >= 4 is 17.2 Å². The molecule has 0 aliphatic heterocycles. The van der Waals surface area contributed by atoms with Crippen molar-refractivity contribution in [2.75, 3.05) is 7.11 Å². The van der Waals surface area contributed by atoms with Gasteiger partial charge in [0, 0.05) is 6.20 Å². The van der Waals surface area contributed by atoms with Crippen LogP contribution < -0.4 is 4.74 Å². The lowest BCUT2D eigenvalue weighted by molar-refractivity contribution is 0.417. The minimum absolute atomic E-state index is 0.587. The minimum atomic E-state index is 0.587. The van der Waals surface area contributed by atoms with Gasteiger partial charge < -0.3 is 4.74 Å². The van der Waals surface area contributed by atoms with Gasteiger partial charge in [0.05, 0.1) is 13.3 Å². The molecule has 2 aromatic rings. The molecule has 0 saturated heterocycles. The highest BCUT2D eigenvalue weighted by molar-refractivity contribution is 6.29. The van der Waals surface area contributed by atoms with Gasteiger partial charge in [0.2, 0.25) is 0 Å². The Morgan fingerprint density at radius 1 is 1.58 bits per heavy atom. The van der Waals surface area contributed by atoms with Crippen LogP contribution in [-0.2, 0) is 0 Å². The van der Waals surface area contributed by atoms with Gasteiger partial charge in [-0.3, -0.25) is 4.40 Å². The van der Waals surface area contributed by atoms with E-state index >= 15 is 0 Å². The van der Waals surface area contributed by atoms with Crippen molar-refractivity contribution in [3.63, 3.8) is 0 Å². The number of fused-ring (bicyclic) bond motifs is 1. The Bertz CT molecular complexity index is 410. The zero-order valence-electron chi connectivity index (χ0n) is 6.49. The molecular formula is C8H7ClN2O. The molecule has 0 unspecified atom stereocenters. The maximum Gasteiger partial charge on any atom is 0.180 e. The average Bonchev–Trinajstić information content (AvgIpc) is 2.48. The zero-order chi connectivity index (χ0) is 8.55. The average molecular weight is 183 g/mol. The predicted molar refractivity (Wildman–Crippen MR) is 46.8 cm³/mol. The molecule has 0 N–H and O–H groups in total. The maximum absolute atomic E-state index is 5.85. The fourth-order valence-electron chi connectivity index (χ4n) is 1.11. The summed E-state index contributed by atoms with van der Waals surface area (Å²) in [5.41, 5.74) is 0.741. The number of halogens is 1. The van der Waals surface area contributed by atoms with Crippen LogP contribution in [0.2, 0.25) is 5.15 Å². The molecule has 0 saturated carbocycles. The van der Waals surface area contributed by atoms with Crippen LogP contribution >= 0.6 is 11.6 Å². The molecule has 62 valence electrons. The summed E-state index contributed by atoms with van der Waals surface area (Å²) in [6.07, 6.45) is 3.44. The second-order valence-corrected chi connectivity index (χ2v) is 2.74. The molecule has 0 radical (unpaired) electrons. The highest BCUT2D eigenvalue weighted by Crippen LogP contribution is 2.20. The molecule has 0 bridgehead atoms. The normalized spacial score (nSPS) is 10.5. The highest BCUT2D eigenvalue weighted by Gasteiger charge is 2.04. The minimum Gasteiger partial charge on any atom is -0.493 e. The van der Waals surface area contributed by atoms with Gasteiger partial charge in [-0.2, -0.15) is 0 Å². The number of methoxy groups -OCH3 is 1. The molecular weight excluding hydrogens is 176 g/mol. The summed E-state index contributed by atoms with van der Waals surface area (Å²) in [7, 11) is 1.61. The van der Waals surface area contributed by atoms with E-state index in [2.05, 4.69) is 4.98 Å². The fraction of sp³-hybridized carbons (Fsp3) is 0.125. The molecule has 0 amide bonds. The van der Waals surface area contributed by atoms with E-state index in [-0.39, 0.29) is 0 Å². The van der Waals surface area contributed by atoms with Gasteiger partial charge in [-0.1, -0.05) is 11.6 Å². The van der Waals surface area contributed by atoms with Crippen LogP contribution in [-0.4, -0.2) is 16.5 Å². The van der Waals surface area contributed by atoms with Crippen LogP contribution in [0.3, 0.4) is 0 Å². The first kappa shape index (κ1) is 7.43. The number of hydrogen-bond donors (Lipinski definition) is 0. The van der Waals surface area contributed by atoms with Gasteiger partial charge in [0.25, 0.3) is 0 Å². The zero-order valence-corrected chi connectivity index (χ0v) is 7.25. The molecule has 0 atom stereocenters. The van der Waals surface area contributed by atoms with Gasteiger partial charge in [-0.15, -0.1) is 0 Å². The maximum atomic E-state index is 5.85. The Morgan fingerprint density at radius 2 is 2.42 bits per heavy atom. The third-order valence-electron chi connectivity index (χ3n) is 1.67. The van der Waals surface area contributed by atoms with E-state index in [0.717, 1.165) is 11.4 Å². The third-order valence-corrected chi connectivity index (χ3v) is 1.95. The summed E-state index contributed by atoms with van der Waals surface area (Å²) in [5, 5.41) is 0.587. The molecule has 0 fully saturated rings. The number of aromatic nitrogens is 2. The summed E-state index contributed by atoms with van der Waals surface area (Å²) in [6.45, 7) is 0. The molecule has 2 rings (SSSR count). The quantitative estimate of drug-likeness (QED) is 0.675. The Balaban J connectivity index is 2.81. The van der Waals surface area contributed by atoms with Gasteiger partial charge in [-0.05, 0) is 12.1 Å². The van der Waals surface area contributed by atoms with Crippen LogP contribution in [0.4, 0.5) is 0 Å². The molecule has 0 aromatic carbocycles. The van der Waals surface area contributed by atoms with Crippen LogP contribution in [0, 0.1) is 0 Å². The van der Waals surface area contributed by atoms with E-state index in [4.69, 9.17) is 16.3 Å². The largest absolute Gasteiger partial charge is 0.493 e. The van der Waals surface area contributed by atoms with E-state index < -0.39 is 0 Å². The van der Waals surface area contributed by atoms with Gasteiger partial charge in [0.1, 0.15) is 5.15 Å². The van der Waals surface area contributed by atoms with Crippen LogP contribution in [0.25, 0.3) is 5.65 Å². The van der Waals surface area contributed by atoms with Crippen LogP contribution in [0.5, 0.6) is 5.75 Å². The first-order chi connectivity index (χ1) is 5.83. The van der Waals surface area contributed by atoms with E-state index in [9.17, 15) is 0 Å². The first-order valence-corrected chi connectivity index (χ1v) is 3.86. The predicted octanol–water partition coefficient (Wildman–Crippen LogP) is 2.00. The number of pyridine rings is 1. The van der Waals surface area contributed by atoms with Crippen LogP contribution in [0.15, 0.2) is 24.5 Å². The third kappa shape index (κ3) is 0.940. The molecule has 0 aliphatic carbocycles. The second-order valence-electron chi connectivity index (χ2n) is 2.35. The van der Waals surface area contributed by atoms with E-state index in [1.54, 1.807) is 17.7 Å². The molecule has 2 aromatic heterocycles. The number of rotatable bonds is 1. The second kappa shape index (κ2) is 2.68. The van der Waals surface area contributed by atoms with Crippen molar-refractivity contribution in [2.24, 2.45) is 0 Å². The van der Waals surface area contributed by atoms with Crippen LogP contribution in [0.1, 0.15) is 0 Å².